The number of nitrogens with one attached hydrogen (secondary N) is 1. The van der Waals surface area contributed by atoms with Crippen molar-refractivity contribution in [3.8, 4) is 0 Å². The highest BCUT2D eigenvalue weighted by atomic mass is 35.5. The molecule has 90 valence electrons. The van der Waals surface area contributed by atoms with Crippen LogP contribution >= 0.6 is 12.4 Å². The van der Waals surface area contributed by atoms with E-state index in [1.165, 1.54) is 25.9 Å². The van der Waals surface area contributed by atoms with Gasteiger partial charge in [-0.05, 0) is 44.7 Å². The number of ether oxygens (including phenoxy) is 2. The lowest BCUT2D eigenvalue weighted by Gasteiger charge is -2.27. The molecular weight excluding hydrogens is 214 g/mol. The van der Waals surface area contributed by atoms with E-state index < -0.39 is 0 Å². The molecule has 2 fully saturated rings. The normalized spacial score (nSPS) is 24.8. The lowest BCUT2D eigenvalue weighted by molar-refractivity contribution is -0.0453. The standard InChI is InChI=1S/C11H21NO2.ClH/c1-5-12-6-2-10(1)9-14-11-3-7-13-8-4-11;/h10-12H,1-9H2;1H. The summed E-state index contributed by atoms with van der Waals surface area (Å²) in [5.41, 5.74) is 0. The molecule has 0 aromatic heterocycles. The Bertz CT molecular complexity index is 139. The van der Waals surface area contributed by atoms with Crippen LogP contribution in [0, 0.1) is 5.92 Å². The van der Waals surface area contributed by atoms with Gasteiger partial charge in [0.25, 0.3) is 0 Å². The lowest BCUT2D eigenvalue weighted by atomic mass is 9.99. The molecule has 3 nitrogen and oxygen atoms in total. The van der Waals surface area contributed by atoms with Crippen LogP contribution in [0.1, 0.15) is 25.7 Å². The van der Waals surface area contributed by atoms with Gasteiger partial charge in [0.05, 0.1) is 6.10 Å². The first kappa shape index (κ1) is 13.2. The summed E-state index contributed by atoms with van der Waals surface area (Å²) in [5, 5.41) is 3.38. The molecule has 0 spiro atoms. The summed E-state index contributed by atoms with van der Waals surface area (Å²) in [6, 6.07) is 0. The quantitative estimate of drug-likeness (QED) is 0.806. The Morgan fingerprint density at radius 2 is 1.73 bits per heavy atom. The topological polar surface area (TPSA) is 30.5 Å². The average molecular weight is 236 g/mol. The molecule has 0 aliphatic carbocycles. The number of piperidine rings is 1. The Morgan fingerprint density at radius 3 is 2.40 bits per heavy atom. The van der Waals surface area contributed by atoms with Crippen LogP contribution in [0.2, 0.25) is 0 Å². The van der Waals surface area contributed by atoms with Gasteiger partial charge in [-0.15, -0.1) is 12.4 Å². The van der Waals surface area contributed by atoms with Gasteiger partial charge in [0, 0.05) is 19.8 Å². The number of rotatable bonds is 3. The Hall–Kier alpha value is 0.170. The van der Waals surface area contributed by atoms with E-state index in [0.717, 1.165) is 38.6 Å². The van der Waals surface area contributed by atoms with E-state index in [1.54, 1.807) is 0 Å². The minimum absolute atomic E-state index is 0. The predicted octanol–water partition coefficient (Wildman–Crippen LogP) is 1.60. The van der Waals surface area contributed by atoms with Gasteiger partial charge >= 0.3 is 0 Å². The molecule has 0 aromatic carbocycles. The van der Waals surface area contributed by atoms with Gasteiger partial charge in [0.15, 0.2) is 0 Å². The van der Waals surface area contributed by atoms with Crippen LogP contribution in [0.5, 0.6) is 0 Å². The highest BCUT2D eigenvalue weighted by Crippen LogP contribution is 2.16. The highest BCUT2D eigenvalue weighted by molar-refractivity contribution is 5.85. The zero-order valence-corrected chi connectivity index (χ0v) is 10.1. The molecule has 0 atom stereocenters. The third-order valence-electron chi connectivity index (χ3n) is 3.19. The van der Waals surface area contributed by atoms with E-state index >= 15 is 0 Å². The summed E-state index contributed by atoms with van der Waals surface area (Å²) in [6.45, 7) is 5.07. The fourth-order valence-electron chi connectivity index (χ4n) is 2.16. The summed E-state index contributed by atoms with van der Waals surface area (Å²) in [5.74, 6) is 0.791. The van der Waals surface area contributed by atoms with Crippen LogP contribution in [0.15, 0.2) is 0 Å². The van der Waals surface area contributed by atoms with Gasteiger partial charge in [-0.1, -0.05) is 0 Å². The molecule has 4 heteroatoms. The molecule has 2 saturated heterocycles. The molecule has 2 aliphatic heterocycles. The van der Waals surface area contributed by atoms with Crippen molar-refractivity contribution in [1.29, 1.82) is 0 Å². The van der Waals surface area contributed by atoms with Crippen LogP contribution in [-0.4, -0.2) is 39.0 Å². The van der Waals surface area contributed by atoms with Crippen molar-refractivity contribution in [2.45, 2.75) is 31.8 Å². The van der Waals surface area contributed by atoms with Gasteiger partial charge in [-0.25, -0.2) is 0 Å². The predicted molar refractivity (Wildman–Crippen MR) is 62.6 cm³/mol. The monoisotopic (exact) mass is 235 g/mol. The van der Waals surface area contributed by atoms with Crippen LogP contribution in [0.25, 0.3) is 0 Å². The van der Waals surface area contributed by atoms with E-state index in [9.17, 15) is 0 Å². The summed E-state index contributed by atoms with van der Waals surface area (Å²) in [6.07, 6.45) is 5.21. The van der Waals surface area contributed by atoms with Crippen molar-refractivity contribution in [3.05, 3.63) is 0 Å². The summed E-state index contributed by atoms with van der Waals surface area (Å²) >= 11 is 0. The van der Waals surface area contributed by atoms with Gasteiger partial charge in [0.1, 0.15) is 0 Å². The van der Waals surface area contributed by atoms with Crippen molar-refractivity contribution in [1.82, 2.24) is 5.32 Å². The second-order valence-electron chi connectivity index (χ2n) is 4.34. The Labute approximate surface area is 98.3 Å². The Morgan fingerprint density at radius 1 is 1.07 bits per heavy atom. The molecule has 2 rings (SSSR count). The fraction of sp³-hybridized carbons (Fsp3) is 1.00. The van der Waals surface area contributed by atoms with Gasteiger partial charge in [-0.3, -0.25) is 0 Å². The van der Waals surface area contributed by atoms with Crippen molar-refractivity contribution < 1.29 is 9.47 Å². The SMILES string of the molecule is C1CC(COC2CCOCC2)CCN1.Cl. The molecule has 15 heavy (non-hydrogen) atoms. The first-order chi connectivity index (χ1) is 6.95. The van der Waals surface area contributed by atoms with Crippen LogP contribution < -0.4 is 5.32 Å². The number of hydrogen-bond acceptors (Lipinski definition) is 3. The van der Waals surface area contributed by atoms with E-state index in [2.05, 4.69) is 5.32 Å². The van der Waals surface area contributed by atoms with Crippen LogP contribution in [-0.2, 0) is 9.47 Å². The molecule has 0 unspecified atom stereocenters. The minimum Gasteiger partial charge on any atom is -0.381 e. The van der Waals surface area contributed by atoms with Gasteiger partial charge < -0.3 is 14.8 Å². The third kappa shape index (κ3) is 4.68. The smallest absolute Gasteiger partial charge is 0.0619 e. The van der Waals surface area contributed by atoms with E-state index in [0.29, 0.717) is 6.10 Å². The maximum atomic E-state index is 5.91. The molecule has 2 aliphatic rings. The van der Waals surface area contributed by atoms with Crippen molar-refractivity contribution in [2.24, 2.45) is 5.92 Å². The van der Waals surface area contributed by atoms with Crippen molar-refractivity contribution in [3.63, 3.8) is 0 Å². The zero-order chi connectivity index (χ0) is 9.64. The van der Waals surface area contributed by atoms with Gasteiger partial charge in [-0.2, -0.15) is 0 Å². The van der Waals surface area contributed by atoms with Crippen LogP contribution in [0.3, 0.4) is 0 Å². The number of hydrogen-bond donors (Lipinski definition) is 1. The lowest BCUT2D eigenvalue weighted by Crippen LogP contribution is -2.32. The second kappa shape index (κ2) is 7.44. The van der Waals surface area contributed by atoms with Crippen molar-refractivity contribution in [2.75, 3.05) is 32.9 Å². The molecule has 0 aromatic rings. The molecule has 0 radical (unpaired) electrons. The summed E-state index contributed by atoms with van der Waals surface area (Å²) in [4.78, 5) is 0. The molecule has 0 amide bonds. The van der Waals surface area contributed by atoms with E-state index in [-0.39, 0.29) is 12.4 Å². The zero-order valence-electron chi connectivity index (χ0n) is 9.24. The second-order valence-corrected chi connectivity index (χ2v) is 4.34. The fourth-order valence-corrected chi connectivity index (χ4v) is 2.16. The van der Waals surface area contributed by atoms with Gasteiger partial charge in [0.2, 0.25) is 0 Å². The largest absolute Gasteiger partial charge is 0.381 e. The van der Waals surface area contributed by atoms with Crippen LogP contribution in [0.4, 0.5) is 0 Å². The van der Waals surface area contributed by atoms with Crippen molar-refractivity contribution >= 4 is 12.4 Å². The summed E-state index contributed by atoms with van der Waals surface area (Å²) < 4.78 is 11.2. The Balaban J connectivity index is 0.00000112. The maximum Gasteiger partial charge on any atom is 0.0619 e. The first-order valence-corrected chi connectivity index (χ1v) is 5.85. The van der Waals surface area contributed by atoms with E-state index in [1.807, 2.05) is 0 Å². The highest BCUT2D eigenvalue weighted by Gasteiger charge is 2.18. The average Bonchev–Trinajstić information content (AvgIpc) is 2.29. The van der Waals surface area contributed by atoms with E-state index in [4.69, 9.17) is 9.47 Å². The molecule has 0 saturated carbocycles. The number of halogens is 1. The minimum atomic E-state index is 0. The molecule has 0 bridgehead atoms. The molecule has 2 heterocycles. The molecular formula is C11H22ClNO2. The first-order valence-electron chi connectivity index (χ1n) is 5.85. The molecule has 1 N–H and O–H groups in total. The third-order valence-corrected chi connectivity index (χ3v) is 3.19. The Kier molecular flexibility index (Phi) is 6.57. The maximum absolute atomic E-state index is 5.91. The summed E-state index contributed by atoms with van der Waals surface area (Å²) in [7, 11) is 0.